The molecule has 0 atom stereocenters. The molecule has 1 amide bonds. The van der Waals surface area contributed by atoms with Crippen LogP contribution in [0.1, 0.15) is 30.8 Å². The maximum Gasteiger partial charge on any atom is 0.272 e. The van der Waals surface area contributed by atoms with Crippen molar-refractivity contribution >= 4 is 5.91 Å². The van der Waals surface area contributed by atoms with E-state index < -0.39 is 5.95 Å². The van der Waals surface area contributed by atoms with Crippen molar-refractivity contribution in [3.8, 4) is 6.07 Å². The fourth-order valence-electron chi connectivity index (χ4n) is 1.44. The number of nitrogens with zero attached hydrogens (tertiary/aromatic N) is 3. The zero-order valence-corrected chi connectivity index (χ0v) is 9.85. The summed E-state index contributed by atoms with van der Waals surface area (Å²) in [5.74, 6) is -1.03. The van der Waals surface area contributed by atoms with E-state index in [1.807, 2.05) is 19.9 Å². The number of hydrogen-bond donors (Lipinski definition) is 0. The monoisotopic (exact) mass is 235 g/mol. The Labute approximate surface area is 99.7 Å². The van der Waals surface area contributed by atoms with E-state index in [1.165, 1.54) is 23.1 Å². The second kappa shape index (κ2) is 5.94. The molecule has 0 aromatic carbocycles. The highest BCUT2D eigenvalue weighted by Crippen LogP contribution is 2.07. The van der Waals surface area contributed by atoms with E-state index >= 15 is 0 Å². The molecule has 0 saturated heterocycles. The van der Waals surface area contributed by atoms with Gasteiger partial charge in [-0.3, -0.25) is 4.79 Å². The van der Waals surface area contributed by atoms with Crippen LogP contribution in [0.15, 0.2) is 18.2 Å². The van der Waals surface area contributed by atoms with E-state index in [1.54, 1.807) is 0 Å². The molecule has 4 nitrogen and oxygen atoms in total. The molecule has 0 aliphatic heterocycles. The predicted octanol–water partition coefficient (Wildman–Crippen LogP) is 1.98. The molecule has 0 unspecified atom stereocenters. The van der Waals surface area contributed by atoms with E-state index in [2.05, 4.69) is 4.98 Å². The Morgan fingerprint density at radius 1 is 1.59 bits per heavy atom. The maximum atomic E-state index is 12.9. The van der Waals surface area contributed by atoms with Crippen LogP contribution in [0.2, 0.25) is 0 Å². The summed E-state index contributed by atoms with van der Waals surface area (Å²) >= 11 is 0. The van der Waals surface area contributed by atoms with Gasteiger partial charge in [-0.1, -0.05) is 6.07 Å². The van der Waals surface area contributed by atoms with Gasteiger partial charge in [0.25, 0.3) is 5.91 Å². The third kappa shape index (κ3) is 3.52. The van der Waals surface area contributed by atoms with Gasteiger partial charge in [0.2, 0.25) is 5.95 Å². The lowest BCUT2D eigenvalue weighted by Crippen LogP contribution is -2.38. The van der Waals surface area contributed by atoms with E-state index in [9.17, 15) is 9.18 Å². The van der Waals surface area contributed by atoms with Crippen LogP contribution in [0.4, 0.5) is 4.39 Å². The molecule has 5 heteroatoms. The van der Waals surface area contributed by atoms with Crippen LogP contribution in [0.5, 0.6) is 0 Å². The highest BCUT2D eigenvalue weighted by Gasteiger charge is 2.19. The number of nitriles is 1. The van der Waals surface area contributed by atoms with Crippen LogP contribution in [0.25, 0.3) is 0 Å². The maximum absolute atomic E-state index is 12.9. The molecule has 0 aliphatic rings. The van der Waals surface area contributed by atoms with E-state index in [4.69, 9.17) is 5.26 Å². The number of hydrogen-bond acceptors (Lipinski definition) is 3. The largest absolute Gasteiger partial charge is 0.334 e. The van der Waals surface area contributed by atoms with Gasteiger partial charge in [0.1, 0.15) is 5.69 Å². The van der Waals surface area contributed by atoms with Gasteiger partial charge in [0.05, 0.1) is 12.5 Å². The van der Waals surface area contributed by atoms with Crippen LogP contribution in [-0.2, 0) is 0 Å². The summed E-state index contributed by atoms with van der Waals surface area (Å²) < 4.78 is 12.9. The Morgan fingerprint density at radius 2 is 2.29 bits per heavy atom. The minimum atomic E-state index is -0.681. The molecule has 0 saturated carbocycles. The Hall–Kier alpha value is -1.96. The molecule has 0 aliphatic carbocycles. The third-order valence-corrected chi connectivity index (χ3v) is 2.28. The fraction of sp³-hybridized carbons (Fsp3) is 0.417. The number of carbonyl (C=O) groups is 1. The fourth-order valence-corrected chi connectivity index (χ4v) is 1.44. The molecule has 0 fully saturated rings. The molecule has 0 spiro atoms. The van der Waals surface area contributed by atoms with Gasteiger partial charge in [0.15, 0.2) is 0 Å². The highest BCUT2D eigenvalue weighted by atomic mass is 19.1. The van der Waals surface area contributed by atoms with Crippen molar-refractivity contribution in [1.29, 1.82) is 5.26 Å². The smallest absolute Gasteiger partial charge is 0.272 e. The normalized spacial score (nSPS) is 10.1. The molecule has 1 aromatic heterocycles. The molecule has 1 heterocycles. The van der Waals surface area contributed by atoms with Crippen molar-refractivity contribution in [3.63, 3.8) is 0 Å². The van der Waals surface area contributed by atoms with Crippen molar-refractivity contribution in [2.45, 2.75) is 26.3 Å². The quantitative estimate of drug-likeness (QED) is 0.750. The lowest BCUT2D eigenvalue weighted by atomic mass is 10.2. The van der Waals surface area contributed by atoms with E-state index in [0.29, 0.717) is 6.54 Å². The summed E-state index contributed by atoms with van der Waals surface area (Å²) in [4.78, 5) is 17.1. The summed E-state index contributed by atoms with van der Waals surface area (Å²) in [5.41, 5.74) is 0.0663. The summed E-state index contributed by atoms with van der Waals surface area (Å²) in [5, 5.41) is 8.53. The number of rotatable bonds is 4. The van der Waals surface area contributed by atoms with Crippen molar-refractivity contribution in [2.75, 3.05) is 6.54 Å². The molecule has 0 bridgehead atoms. The molecular formula is C12H14FN3O. The number of amides is 1. The van der Waals surface area contributed by atoms with Gasteiger partial charge in [0, 0.05) is 12.6 Å². The van der Waals surface area contributed by atoms with Gasteiger partial charge in [-0.05, 0) is 26.0 Å². The summed E-state index contributed by atoms with van der Waals surface area (Å²) in [6.45, 7) is 4.01. The highest BCUT2D eigenvalue weighted by molar-refractivity contribution is 5.92. The lowest BCUT2D eigenvalue weighted by Gasteiger charge is -2.25. The second-order valence-corrected chi connectivity index (χ2v) is 3.85. The van der Waals surface area contributed by atoms with Crippen LogP contribution in [-0.4, -0.2) is 28.4 Å². The van der Waals surface area contributed by atoms with Crippen molar-refractivity contribution in [2.24, 2.45) is 0 Å². The first kappa shape index (κ1) is 13.1. The minimum absolute atomic E-state index is 0.0547. The standard InChI is InChI=1S/C12H14FN3O/c1-9(2)16(8-4-7-14)12(17)10-5-3-6-11(13)15-10/h3,5-6,9H,4,8H2,1-2H3. The number of aromatic nitrogens is 1. The summed E-state index contributed by atoms with van der Waals surface area (Å²) in [6.07, 6.45) is 0.249. The molecule has 1 aromatic rings. The average Bonchev–Trinajstić information content (AvgIpc) is 2.29. The van der Waals surface area contributed by atoms with Crippen LogP contribution >= 0.6 is 0 Å². The minimum Gasteiger partial charge on any atom is -0.334 e. The Bertz CT molecular complexity index is 440. The topological polar surface area (TPSA) is 57.0 Å². The van der Waals surface area contributed by atoms with Crippen LogP contribution < -0.4 is 0 Å². The second-order valence-electron chi connectivity index (χ2n) is 3.85. The SMILES string of the molecule is CC(C)N(CCC#N)C(=O)c1cccc(F)n1. The van der Waals surface area contributed by atoms with Gasteiger partial charge in [-0.2, -0.15) is 9.65 Å². The summed E-state index contributed by atoms with van der Waals surface area (Å²) in [7, 11) is 0. The Kier molecular flexibility index (Phi) is 4.58. The van der Waals surface area contributed by atoms with Crippen molar-refractivity contribution in [1.82, 2.24) is 9.88 Å². The van der Waals surface area contributed by atoms with Gasteiger partial charge >= 0.3 is 0 Å². The zero-order valence-electron chi connectivity index (χ0n) is 9.85. The number of pyridine rings is 1. The predicted molar refractivity (Wildman–Crippen MR) is 60.6 cm³/mol. The molecular weight excluding hydrogens is 221 g/mol. The van der Waals surface area contributed by atoms with Crippen LogP contribution in [0.3, 0.4) is 0 Å². The van der Waals surface area contributed by atoms with E-state index in [-0.39, 0.29) is 24.1 Å². The first-order valence-electron chi connectivity index (χ1n) is 5.36. The average molecular weight is 235 g/mol. The van der Waals surface area contributed by atoms with E-state index in [0.717, 1.165) is 0 Å². The molecule has 0 radical (unpaired) electrons. The zero-order chi connectivity index (χ0) is 12.8. The molecule has 90 valence electrons. The third-order valence-electron chi connectivity index (χ3n) is 2.28. The molecule has 0 N–H and O–H groups in total. The Morgan fingerprint density at radius 3 is 2.82 bits per heavy atom. The molecule has 1 rings (SSSR count). The van der Waals surface area contributed by atoms with Gasteiger partial charge in [-0.25, -0.2) is 4.98 Å². The Balaban J connectivity index is 2.88. The van der Waals surface area contributed by atoms with Crippen molar-refractivity contribution in [3.05, 3.63) is 29.8 Å². The first-order valence-corrected chi connectivity index (χ1v) is 5.36. The summed E-state index contributed by atoms with van der Waals surface area (Å²) in [6, 6.07) is 6.02. The lowest BCUT2D eigenvalue weighted by molar-refractivity contribution is 0.0703. The molecule has 17 heavy (non-hydrogen) atoms. The van der Waals surface area contributed by atoms with Gasteiger partial charge in [-0.15, -0.1) is 0 Å². The van der Waals surface area contributed by atoms with Crippen LogP contribution in [0, 0.1) is 17.3 Å². The van der Waals surface area contributed by atoms with Crippen molar-refractivity contribution < 1.29 is 9.18 Å². The first-order chi connectivity index (χ1) is 8.06. The number of carbonyl (C=O) groups excluding carboxylic acids is 1. The number of halogens is 1. The van der Waals surface area contributed by atoms with Gasteiger partial charge < -0.3 is 4.90 Å².